The zero-order valence-corrected chi connectivity index (χ0v) is 11.8. The van der Waals surface area contributed by atoms with Crippen LogP contribution in [0.25, 0.3) is 5.82 Å². The molecule has 5 nitrogen and oxygen atoms in total. The highest BCUT2D eigenvalue weighted by atomic mass is 79.9. The van der Waals surface area contributed by atoms with Gasteiger partial charge >= 0.3 is 5.97 Å². The van der Waals surface area contributed by atoms with Crippen LogP contribution >= 0.6 is 15.9 Å². The van der Waals surface area contributed by atoms with Gasteiger partial charge in [0.2, 0.25) is 0 Å². The van der Waals surface area contributed by atoms with E-state index in [1.165, 1.54) is 0 Å². The third kappa shape index (κ3) is 2.03. The average molecular weight is 310 g/mol. The third-order valence-electron chi connectivity index (χ3n) is 2.72. The molecule has 18 heavy (non-hydrogen) atoms. The van der Waals surface area contributed by atoms with E-state index in [1.807, 2.05) is 13.0 Å². The van der Waals surface area contributed by atoms with Crippen LogP contribution in [0.3, 0.4) is 0 Å². The average Bonchev–Trinajstić information content (AvgIpc) is 2.54. The number of carboxylic acids is 1. The monoisotopic (exact) mass is 309 g/mol. The van der Waals surface area contributed by atoms with Crippen LogP contribution in [-0.4, -0.2) is 25.8 Å². The van der Waals surface area contributed by atoms with E-state index in [4.69, 9.17) is 5.11 Å². The molecule has 0 fully saturated rings. The molecule has 2 aromatic rings. The predicted molar refractivity (Wildman–Crippen MR) is 70.2 cm³/mol. The van der Waals surface area contributed by atoms with Crippen LogP contribution in [0.2, 0.25) is 0 Å². The smallest absolute Gasteiger partial charge is 0.339 e. The van der Waals surface area contributed by atoms with Gasteiger partial charge in [-0.1, -0.05) is 0 Å². The van der Waals surface area contributed by atoms with Crippen molar-refractivity contribution in [2.75, 3.05) is 0 Å². The van der Waals surface area contributed by atoms with Crippen LogP contribution in [0.5, 0.6) is 0 Å². The molecule has 0 saturated heterocycles. The Labute approximate surface area is 113 Å². The SMILES string of the molecule is Cc1cc(Br)cnc1-n1nc(C)c(C(=O)O)c1C. The molecule has 0 spiro atoms. The topological polar surface area (TPSA) is 68.0 Å². The van der Waals surface area contributed by atoms with Crippen molar-refractivity contribution in [3.8, 4) is 5.82 Å². The number of carbonyl (C=O) groups is 1. The Morgan fingerprint density at radius 3 is 2.56 bits per heavy atom. The summed E-state index contributed by atoms with van der Waals surface area (Å²) >= 11 is 3.34. The van der Waals surface area contributed by atoms with Gasteiger partial charge in [0.15, 0.2) is 5.82 Å². The summed E-state index contributed by atoms with van der Waals surface area (Å²) in [7, 11) is 0. The molecule has 0 atom stereocenters. The normalized spacial score (nSPS) is 10.7. The highest BCUT2D eigenvalue weighted by Crippen LogP contribution is 2.20. The number of nitrogens with zero attached hydrogens (tertiary/aromatic N) is 3. The Morgan fingerprint density at radius 1 is 1.39 bits per heavy atom. The summed E-state index contributed by atoms with van der Waals surface area (Å²) in [5, 5.41) is 13.4. The second kappa shape index (κ2) is 4.53. The molecule has 94 valence electrons. The lowest BCUT2D eigenvalue weighted by Crippen LogP contribution is -2.06. The first-order valence-electron chi connectivity index (χ1n) is 5.34. The second-order valence-corrected chi connectivity index (χ2v) is 4.97. The van der Waals surface area contributed by atoms with Crippen molar-refractivity contribution < 1.29 is 9.90 Å². The molecule has 0 saturated carbocycles. The van der Waals surface area contributed by atoms with Gasteiger partial charge in [-0.2, -0.15) is 5.10 Å². The van der Waals surface area contributed by atoms with Gasteiger partial charge in [0.05, 0.1) is 11.4 Å². The summed E-state index contributed by atoms with van der Waals surface area (Å²) in [5.74, 6) is -0.322. The maximum Gasteiger partial charge on any atom is 0.339 e. The molecule has 0 bridgehead atoms. The van der Waals surface area contributed by atoms with Crippen LogP contribution in [-0.2, 0) is 0 Å². The molecule has 0 unspecified atom stereocenters. The number of hydrogen-bond donors (Lipinski definition) is 1. The molecule has 2 rings (SSSR count). The van der Waals surface area contributed by atoms with Gasteiger partial charge in [-0.15, -0.1) is 0 Å². The number of hydrogen-bond acceptors (Lipinski definition) is 3. The summed E-state index contributed by atoms with van der Waals surface area (Å²) in [6, 6.07) is 1.92. The second-order valence-electron chi connectivity index (χ2n) is 4.06. The third-order valence-corrected chi connectivity index (χ3v) is 3.16. The van der Waals surface area contributed by atoms with E-state index >= 15 is 0 Å². The Kier molecular flexibility index (Phi) is 3.21. The number of aryl methyl sites for hydroxylation is 2. The molecule has 0 aliphatic carbocycles. The van der Waals surface area contributed by atoms with Crippen molar-refractivity contribution >= 4 is 21.9 Å². The number of rotatable bonds is 2. The molecule has 6 heteroatoms. The minimum Gasteiger partial charge on any atom is -0.478 e. The summed E-state index contributed by atoms with van der Waals surface area (Å²) in [5.41, 5.74) is 2.23. The largest absolute Gasteiger partial charge is 0.478 e. The van der Waals surface area contributed by atoms with Crippen LogP contribution in [0, 0.1) is 20.8 Å². The molecule has 0 aliphatic rings. The minimum atomic E-state index is -0.967. The number of carboxylic acid groups (broad SMARTS) is 1. The highest BCUT2D eigenvalue weighted by molar-refractivity contribution is 9.10. The van der Waals surface area contributed by atoms with Crippen LogP contribution < -0.4 is 0 Å². The van der Waals surface area contributed by atoms with Gasteiger partial charge in [0.25, 0.3) is 0 Å². The number of aromatic carboxylic acids is 1. The van der Waals surface area contributed by atoms with E-state index in [-0.39, 0.29) is 5.56 Å². The minimum absolute atomic E-state index is 0.235. The van der Waals surface area contributed by atoms with Crippen LogP contribution in [0.4, 0.5) is 0 Å². The molecule has 2 heterocycles. The summed E-state index contributed by atoms with van der Waals surface area (Å²) in [4.78, 5) is 15.4. The van der Waals surface area contributed by atoms with Crippen molar-refractivity contribution in [2.24, 2.45) is 0 Å². The van der Waals surface area contributed by atoms with E-state index in [2.05, 4.69) is 26.0 Å². The highest BCUT2D eigenvalue weighted by Gasteiger charge is 2.19. The van der Waals surface area contributed by atoms with E-state index < -0.39 is 5.97 Å². The van der Waals surface area contributed by atoms with E-state index in [0.717, 1.165) is 10.0 Å². The Hall–Kier alpha value is -1.69. The van der Waals surface area contributed by atoms with Crippen LogP contribution in [0.15, 0.2) is 16.7 Å². The van der Waals surface area contributed by atoms with Crippen LogP contribution in [0.1, 0.15) is 27.3 Å². The summed E-state index contributed by atoms with van der Waals surface area (Å²) in [6.45, 7) is 5.32. The fraction of sp³-hybridized carbons (Fsp3) is 0.250. The van der Waals surface area contributed by atoms with E-state index in [0.29, 0.717) is 17.2 Å². The fourth-order valence-corrected chi connectivity index (χ4v) is 2.36. The molecular weight excluding hydrogens is 298 g/mol. The molecule has 0 aromatic carbocycles. The standard InChI is InChI=1S/C12H12BrN3O2/c1-6-4-9(13)5-14-11(6)16-8(3)10(12(17)18)7(2)15-16/h4-5H,1-3H3,(H,17,18). The van der Waals surface area contributed by atoms with Gasteiger partial charge < -0.3 is 5.11 Å². The Morgan fingerprint density at radius 2 is 2.06 bits per heavy atom. The number of aromatic nitrogens is 3. The number of pyridine rings is 1. The quantitative estimate of drug-likeness (QED) is 0.926. The maximum absolute atomic E-state index is 11.1. The van der Waals surface area contributed by atoms with Crippen molar-refractivity contribution in [3.63, 3.8) is 0 Å². The van der Waals surface area contributed by atoms with Crippen molar-refractivity contribution in [1.82, 2.24) is 14.8 Å². The zero-order valence-electron chi connectivity index (χ0n) is 10.2. The van der Waals surface area contributed by atoms with E-state index in [1.54, 1.807) is 24.7 Å². The zero-order chi connectivity index (χ0) is 13.4. The van der Waals surface area contributed by atoms with Gasteiger partial charge in [0.1, 0.15) is 5.56 Å². The first-order valence-corrected chi connectivity index (χ1v) is 6.13. The molecular formula is C12H12BrN3O2. The van der Waals surface area contributed by atoms with Crippen molar-refractivity contribution in [2.45, 2.75) is 20.8 Å². The molecule has 0 aliphatic heterocycles. The maximum atomic E-state index is 11.1. The van der Waals surface area contributed by atoms with Gasteiger partial charge in [0, 0.05) is 10.7 Å². The van der Waals surface area contributed by atoms with Gasteiger partial charge in [-0.25, -0.2) is 14.5 Å². The number of halogens is 1. The Bertz CT molecular complexity index is 634. The lowest BCUT2D eigenvalue weighted by atomic mass is 10.2. The Balaban J connectivity index is 2.65. The first-order chi connectivity index (χ1) is 8.41. The van der Waals surface area contributed by atoms with Crippen molar-refractivity contribution in [3.05, 3.63) is 39.3 Å². The van der Waals surface area contributed by atoms with Gasteiger partial charge in [-0.05, 0) is 48.3 Å². The molecule has 1 N–H and O–H groups in total. The lowest BCUT2D eigenvalue weighted by Gasteiger charge is -2.07. The summed E-state index contributed by atoms with van der Waals surface area (Å²) < 4.78 is 2.45. The van der Waals surface area contributed by atoms with E-state index in [9.17, 15) is 4.79 Å². The fourth-order valence-electron chi connectivity index (χ4n) is 1.91. The van der Waals surface area contributed by atoms with Crippen molar-refractivity contribution in [1.29, 1.82) is 0 Å². The van der Waals surface area contributed by atoms with Gasteiger partial charge in [-0.3, -0.25) is 0 Å². The molecule has 2 aromatic heterocycles. The predicted octanol–water partition coefficient (Wildman–Crippen LogP) is 2.65. The first kappa shape index (κ1) is 12.8. The lowest BCUT2D eigenvalue weighted by molar-refractivity contribution is 0.0695. The summed E-state index contributed by atoms with van der Waals surface area (Å²) in [6.07, 6.45) is 1.67. The molecule has 0 radical (unpaired) electrons. The molecule has 0 amide bonds.